The normalized spacial score (nSPS) is 18.6. The van der Waals surface area contributed by atoms with E-state index >= 15 is 0 Å². The van der Waals surface area contributed by atoms with Gasteiger partial charge in [-0.2, -0.15) is 0 Å². The first-order valence-electron chi connectivity index (χ1n) is 7.14. The Labute approximate surface area is 111 Å². The average molecular weight is 247 g/mol. The van der Waals surface area contributed by atoms with Gasteiger partial charge in [-0.25, -0.2) is 0 Å². The first kappa shape index (κ1) is 13.6. The van der Waals surface area contributed by atoms with Crippen LogP contribution in [0.1, 0.15) is 49.8 Å². The Hall–Kier alpha value is -0.860. The van der Waals surface area contributed by atoms with Gasteiger partial charge >= 0.3 is 0 Å². The Bertz CT molecular complexity index is 373. The number of hydrogen-bond donors (Lipinski definition) is 1. The minimum absolute atomic E-state index is 0.0497. The zero-order valence-corrected chi connectivity index (χ0v) is 11.6. The van der Waals surface area contributed by atoms with Crippen LogP contribution in [0.4, 0.5) is 0 Å². The molecule has 2 N–H and O–H groups in total. The van der Waals surface area contributed by atoms with Gasteiger partial charge in [-0.15, -0.1) is 0 Å². The molecule has 1 aromatic rings. The zero-order valence-electron chi connectivity index (χ0n) is 11.6. The molecule has 0 heterocycles. The molecular formula is C16H25NO. The summed E-state index contributed by atoms with van der Waals surface area (Å²) in [7, 11) is 0. The van der Waals surface area contributed by atoms with Gasteiger partial charge in [0, 0.05) is 12.6 Å². The molecule has 0 aliphatic heterocycles. The Balaban J connectivity index is 1.98. The van der Waals surface area contributed by atoms with Crippen molar-refractivity contribution in [3.63, 3.8) is 0 Å². The minimum atomic E-state index is 0.0497. The van der Waals surface area contributed by atoms with Crippen molar-refractivity contribution in [2.75, 3.05) is 6.61 Å². The van der Waals surface area contributed by atoms with E-state index in [1.807, 2.05) is 0 Å². The maximum absolute atomic E-state index is 6.21. The van der Waals surface area contributed by atoms with Gasteiger partial charge < -0.3 is 10.5 Å². The highest BCUT2D eigenvalue weighted by molar-refractivity contribution is 5.25. The van der Waals surface area contributed by atoms with Gasteiger partial charge in [0.05, 0.1) is 6.10 Å². The van der Waals surface area contributed by atoms with Gasteiger partial charge in [-0.05, 0) is 31.2 Å². The minimum Gasteiger partial charge on any atom is -0.372 e. The third-order valence-electron chi connectivity index (χ3n) is 3.75. The summed E-state index contributed by atoms with van der Waals surface area (Å²) in [6.07, 6.45) is 4.96. The summed E-state index contributed by atoms with van der Waals surface area (Å²) in [5.74, 6) is 0.918. The van der Waals surface area contributed by atoms with Crippen molar-refractivity contribution in [2.45, 2.75) is 51.7 Å². The second kappa shape index (κ2) is 6.35. The molecule has 0 bridgehead atoms. The van der Waals surface area contributed by atoms with E-state index in [0.717, 1.165) is 18.9 Å². The number of benzene rings is 1. The van der Waals surface area contributed by atoms with Crippen molar-refractivity contribution in [1.29, 1.82) is 0 Å². The number of nitrogens with two attached hydrogens (primary N) is 1. The standard InChI is InChI=1S/C16H25NO/c1-3-15(17)16(18-10-9-13-7-8-13)14-6-4-5-12(2)11-14/h4-6,11,13,15-16H,3,7-10,17H2,1-2H3. The van der Waals surface area contributed by atoms with Crippen molar-refractivity contribution < 1.29 is 4.74 Å². The molecule has 2 nitrogen and oxygen atoms in total. The van der Waals surface area contributed by atoms with Crippen LogP contribution in [0.25, 0.3) is 0 Å². The van der Waals surface area contributed by atoms with E-state index in [-0.39, 0.29) is 12.1 Å². The Kier molecular flexibility index (Phi) is 4.79. The summed E-state index contributed by atoms with van der Waals surface area (Å²) < 4.78 is 6.06. The Morgan fingerprint density at radius 2 is 2.17 bits per heavy atom. The molecule has 18 heavy (non-hydrogen) atoms. The van der Waals surface area contributed by atoms with Crippen LogP contribution in [-0.2, 0) is 4.74 Å². The van der Waals surface area contributed by atoms with E-state index in [1.165, 1.54) is 30.4 Å². The maximum Gasteiger partial charge on any atom is 0.0975 e. The molecule has 0 saturated heterocycles. The van der Waals surface area contributed by atoms with E-state index < -0.39 is 0 Å². The van der Waals surface area contributed by atoms with Crippen molar-refractivity contribution in [3.05, 3.63) is 35.4 Å². The van der Waals surface area contributed by atoms with Crippen molar-refractivity contribution in [3.8, 4) is 0 Å². The van der Waals surface area contributed by atoms with Crippen molar-refractivity contribution in [2.24, 2.45) is 11.7 Å². The lowest BCUT2D eigenvalue weighted by Gasteiger charge is -2.24. The van der Waals surface area contributed by atoms with E-state index in [2.05, 4.69) is 38.1 Å². The average Bonchev–Trinajstić information content (AvgIpc) is 3.18. The quantitative estimate of drug-likeness (QED) is 0.799. The van der Waals surface area contributed by atoms with E-state index in [0.29, 0.717) is 0 Å². The summed E-state index contributed by atoms with van der Waals surface area (Å²) in [6.45, 7) is 5.08. The van der Waals surface area contributed by atoms with Gasteiger partial charge in [0.15, 0.2) is 0 Å². The third-order valence-corrected chi connectivity index (χ3v) is 3.75. The van der Waals surface area contributed by atoms with Crippen molar-refractivity contribution in [1.82, 2.24) is 0 Å². The largest absolute Gasteiger partial charge is 0.372 e. The summed E-state index contributed by atoms with van der Waals surface area (Å²) in [6, 6.07) is 8.61. The number of aryl methyl sites for hydroxylation is 1. The molecule has 1 fully saturated rings. The van der Waals surface area contributed by atoms with E-state index in [9.17, 15) is 0 Å². The predicted molar refractivity (Wildman–Crippen MR) is 75.5 cm³/mol. The van der Waals surface area contributed by atoms with Gasteiger partial charge in [-0.1, -0.05) is 49.6 Å². The van der Waals surface area contributed by atoms with Crippen LogP contribution in [0.3, 0.4) is 0 Å². The second-order valence-corrected chi connectivity index (χ2v) is 5.51. The van der Waals surface area contributed by atoms with Crippen LogP contribution >= 0.6 is 0 Å². The van der Waals surface area contributed by atoms with Gasteiger partial charge in [0.1, 0.15) is 0 Å². The number of hydrogen-bond acceptors (Lipinski definition) is 2. The molecule has 2 rings (SSSR count). The smallest absolute Gasteiger partial charge is 0.0975 e. The highest BCUT2D eigenvalue weighted by atomic mass is 16.5. The fourth-order valence-corrected chi connectivity index (χ4v) is 2.30. The van der Waals surface area contributed by atoms with E-state index in [4.69, 9.17) is 10.5 Å². The SMILES string of the molecule is CCC(N)C(OCCC1CC1)c1cccc(C)c1. The lowest BCUT2D eigenvalue weighted by molar-refractivity contribution is 0.0299. The fourth-order valence-electron chi connectivity index (χ4n) is 2.30. The third kappa shape index (κ3) is 3.82. The lowest BCUT2D eigenvalue weighted by atomic mass is 9.99. The highest BCUT2D eigenvalue weighted by Crippen LogP contribution is 2.33. The molecule has 0 aromatic heterocycles. The fraction of sp³-hybridized carbons (Fsp3) is 0.625. The predicted octanol–water partition coefficient (Wildman–Crippen LogP) is 3.59. The monoisotopic (exact) mass is 247 g/mol. The molecule has 1 aromatic carbocycles. The lowest BCUT2D eigenvalue weighted by Crippen LogP contribution is -2.30. The van der Waals surface area contributed by atoms with Gasteiger partial charge in [-0.3, -0.25) is 0 Å². The summed E-state index contributed by atoms with van der Waals surface area (Å²) in [4.78, 5) is 0. The molecule has 0 amide bonds. The van der Waals surface area contributed by atoms with Crippen LogP contribution in [0.2, 0.25) is 0 Å². The molecule has 1 aliphatic rings. The number of rotatable bonds is 7. The molecule has 0 spiro atoms. The molecule has 0 radical (unpaired) electrons. The second-order valence-electron chi connectivity index (χ2n) is 5.51. The summed E-state index contributed by atoms with van der Waals surface area (Å²) in [5.41, 5.74) is 8.70. The number of ether oxygens (including phenoxy) is 1. The van der Waals surface area contributed by atoms with E-state index in [1.54, 1.807) is 0 Å². The van der Waals surface area contributed by atoms with Gasteiger partial charge in [0.25, 0.3) is 0 Å². The first-order valence-corrected chi connectivity index (χ1v) is 7.14. The Morgan fingerprint density at radius 3 is 2.78 bits per heavy atom. The van der Waals surface area contributed by atoms with Crippen LogP contribution in [0, 0.1) is 12.8 Å². The first-order chi connectivity index (χ1) is 8.70. The van der Waals surface area contributed by atoms with Crippen LogP contribution in [-0.4, -0.2) is 12.6 Å². The molecule has 1 saturated carbocycles. The highest BCUT2D eigenvalue weighted by Gasteiger charge is 2.23. The molecule has 100 valence electrons. The van der Waals surface area contributed by atoms with Crippen LogP contribution < -0.4 is 5.73 Å². The molecule has 2 heteroatoms. The topological polar surface area (TPSA) is 35.2 Å². The summed E-state index contributed by atoms with van der Waals surface area (Å²) in [5, 5.41) is 0. The van der Waals surface area contributed by atoms with Gasteiger partial charge in [0.2, 0.25) is 0 Å². The zero-order chi connectivity index (χ0) is 13.0. The molecular weight excluding hydrogens is 222 g/mol. The summed E-state index contributed by atoms with van der Waals surface area (Å²) >= 11 is 0. The molecule has 1 aliphatic carbocycles. The molecule has 2 atom stereocenters. The van der Waals surface area contributed by atoms with Crippen molar-refractivity contribution >= 4 is 0 Å². The maximum atomic E-state index is 6.21. The van der Waals surface area contributed by atoms with Crippen LogP contribution in [0.15, 0.2) is 24.3 Å². The van der Waals surface area contributed by atoms with Crippen LogP contribution in [0.5, 0.6) is 0 Å². The Morgan fingerprint density at radius 1 is 1.39 bits per heavy atom. The molecule has 2 unspecified atom stereocenters.